The van der Waals surface area contributed by atoms with Crippen molar-refractivity contribution in [1.82, 2.24) is 20.2 Å². The van der Waals surface area contributed by atoms with E-state index in [0.717, 1.165) is 5.56 Å². The normalized spacial score (nSPS) is 11.4. The molecule has 0 aliphatic heterocycles. The van der Waals surface area contributed by atoms with Gasteiger partial charge in [0.25, 0.3) is 10.0 Å². The van der Waals surface area contributed by atoms with Crippen LogP contribution in [0.15, 0.2) is 53.7 Å². The van der Waals surface area contributed by atoms with Crippen LogP contribution >= 0.6 is 11.6 Å². The van der Waals surface area contributed by atoms with E-state index in [1.54, 1.807) is 36.4 Å². The largest absolute Gasteiger partial charge is 0.277 e. The van der Waals surface area contributed by atoms with Gasteiger partial charge in [-0.1, -0.05) is 29.8 Å². The summed E-state index contributed by atoms with van der Waals surface area (Å²) >= 11 is 6.06. The first-order chi connectivity index (χ1) is 11.0. The number of benzene rings is 2. The first-order valence-electron chi connectivity index (χ1n) is 6.59. The predicted molar refractivity (Wildman–Crippen MR) is 86.2 cm³/mol. The predicted octanol–water partition coefficient (Wildman–Crippen LogP) is 2.42. The zero-order chi connectivity index (χ0) is 16.4. The molecule has 0 aliphatic rings. The summed E-state index contributed by atoms with van der Waals surface area (Å²) in [5.74, 6) is 0. The van der Waals surface area contributed by atoms with Gasteiger partial charge in [-0.25, -0.2) is 8.42 Å². The number of para-hydroxylation sites is 2. The first-order valence-corrected chi connectivity index (χ1v) is 8.45. The van der Waals surface area contributed by atoms with Crippen LogP contribution < -0.4 is 4.72 Å². The van der Waals surface area contributed by atoms with E-state index in [9.17, 15) is 8.42 Å². The summed E-state index contributed by atoms with van der Waals surface area (Å²) in [4.78, 5) is 0.0104. The van der Waals surface area contributed by atoms with E-state index in [1.165, 1.54) is 17.1 Å². The molecule has 1 heterocycles. The number of halogens is 1. The van der Waals surface area contributed by atoms with Gasteiger partial charge in [-0.3, -0.25) is 4.72 Å². The van der Waals surface area contributed by atoms with E-state index in [2.05, 4.69) is 20.2 Å². The van der Waals surface area contributed by atoms with Gasteiger partial charge in [-0.2, -0.15) is 4.68 Å². The van der Waals surface area contributed by atoms with Crippen LogP contribution in [0.3, 0.4) is 0 Å². The van der Waals surface area contributed by atoms with Crippen LogP contribution in [-0.4, -0.2) is 28.6 Å². The summed E-state index contributed by atoms with van der Waals surface area (Å²) in [6, 6.07) is 11.6. The Bertz CT molecular complexity index is 942. The second-order valence-corrected chi connectivity index (χ2v) is 6.87. The van der Waals surface area contributed by atoms with Crippen LogP contribution in [-0.2, 0) is 10.0 Å². The Kier molecular flexibility index (Phi) is 4.01. The molecular formula is C14H12ClN5O2S. The number of aryl methyl sites for hydroxylation is 1. The second-order valence-electron chi connectivity index (χ2n) is 4.81. The zero-order valence-electron chi connectivity index (χ0n) is 12.0. The van der Waals surface area contributed by atoms with Crippen molar-refractivity contribution in [3.63, 3.8) is 0 Å². The van der Waals surface area contributed by atoms with E-state index in [4.69, 9.17) is 11.6 Å². The minimum Gasteiger partial charge on any atom is -0.277 e. The summed E-state index contributed by atoms with van der Waals surface area (Å²) in [5.41, 5.74) is 1.73. The number of aromatic nitrogens is 4. The maximum absolute atomic E-state index is 12.6. The van der Waals surface area contributed by atoms with Gasteiger partial charge in [0.05, 0.1) is 16.4 Å². The average molecular weight is 350 g/mol. The maximum atomic E-state index is 12.6. The van der Waals surface area contributed by atoms with E-state index in [-0.39, 0.29) is 9.92 Å². The molecule has 118 valence electrons. The van der Waals surface area contributed by atoms with Crippen molar-refractivity contribution in [2.24, 2.45) is 0 Å². The molecule has 1 N–H and O–H groups in total. The number of nitrogens with one attached hydrogen (secondary N) is 1. The highest BCUT2D eigenvalue weighted by Crippen LogP contribution is 2.27. The molecule has 0 saturated carbocycles. The monoisotopic (exact) mass is 349 g/mol. The highest BCUT2D eigenvalue weighted by Gasteiger charge is 2.20. The smallest absolute Gasteiger partial charge is 0.263 e. The quantitative estimate of drug-likeness (QED) is 0.781. The van der Waals surface area contributed by atoms with Gasteiger partial charge in [-0.15, -0.1) is 5.10 Å². The number of hydrogen-bond acceptors (Lipinski definition) is 5. The third-order valence-corrected chi connectivity index (χ3v) is 4.97. The Hall–Kier alpha value is -2.45. The fraction of sp³-hybridized carbons (Fsp3) is 0.0714. The maximum Gasteiger partial charge on any atom is 0.263 e. The van der Waals surface area contributed by atoms with E-state index in [0.29, 0.717) is 11.4 Å². The van der Waals surface area contributed by atoms with Crippen LogP contribution in [0.25, 0.3) is 5.69 Å². The molecule has 2 aromatic carbocycles. The number of anilines is 1. The molecule has 0 bridgehead atoms. The van der Waals surface area contributed by atoms with Crippen molar-refractivity contribution in [1.29, 1.82) is 0 Å². The Morgan fingerprint density at radius 2 is 1.96 bits per heavy atom. The Morgan fingerprint density at radius 1 is 1.17 bits per heavy atom. The Labute approximate surface area is 138 Å². The summed E-state index contributed by atoms with van der Waals surface area (Å²) in [6.45, 7) is 1.84. The molecule has 0 fully saturated rings. The lowest BCUT2D eigenvalue weighted by Crippen LogP contribution is -2.15. The molecule has 0 unspecified atom stereocenters. The van der Waals surface area contributed by atoms with Crippen molar-refractivity contribution in [3.05, 3.63) is 59.4 Å². The molecule has 23 heavy (non-hydrogen) atoms. The third-order valence-electron chi connectivity index (χ3n) is 3.12. The molecule has 0 spiro atoms. The number of tetrazole rings is 1. The molecule has 0 amide bonds. The highest BCUT2D eigenvalue weighted by molar-refractivity contribution is 7.92. The molecule has 9 heteroatoms. The molecule has 0 aliphatic carbocycles. The average Bonchev–Trinajstić information content (AvgIpc) is 3.01. The summed E-state index contributed by atoms with van der Waals surface area (Å²) in [7, 11) is -3.84. The lowest BCUT2D eigenvalue weighted by molar-refractivity contribution is 0.601. The molecule has 1 aromatic heterocycles. The van der Waals surface area contributed by atoms with Gasteiger partial charge in [0.1, 0.15) is 11.2 Å². The fourth-order valence-corrected chi connectivity index (χ4v) is 3.73. The van der Waals surface area contributed by atoms with Crippen molar-refractivity contribution in [2.45, 2.75) is 11.8 Å². The molecular weight excluding hydrogens is 338 g/mol. The molecule has 0 saturated heterocycles. The molecule has 0 atom stereocenters. The van der Waals surface area contributed by atoms with Gasteiger partial charge < -0.3 is 0 Å². The summed E-state index contributed by atoms with van der Waals surface area (Å²) in [6.07, 6.45) is 1.38. The molecule has 0 radical (unpaired) electrons. The fourth-order valence-electron chi connectivity index (χ4n) is 2.05. The SMILES string of the molecule is Cc1ccc(S(=O)(=O)Nc2ccccc2-n2cnnn2)c(Cl)c1. The number of nitrogens with zero attached hydrogens (tertiary/aromatic N) is 4. The van der Waals surface area contributed by atoms with Crippen LogP contribution in [0.1, 0.15) is 5.56 Å². The van der Waals surface area contributed by atoms with Crippen LogP contribution in [0.4, 0.5) is 5.69 Å². The van der Waals surface area contributed by atoms with E-state index in [1.807, 2.05) is 6.92 Å². The van der Waals surface area contributed by atoms with Gasteiger partial charge in [0, 0.05) is 0 Å². The number of rotatable bonds is 4. The highest BCUT2D eigenvalue weighted by atomic mass is 35.5. The minimum atomic E-state index is -3.84. The Balaban J connectivity index is 2.02. The van der Waals surface area contributed by atoms with Crippen LogP contribution in [0, 0.1) is 6.92 Å². The second kappa shape index (κ2) is 5.98. The van der Waals surface area contributed by atoms with Gasteiger partial charge in [0.2, 0.25) is 0 Å². The van der Waals surface area contributed by atoms with Crippen molar-refractivity contribution in [2.75, 3.05) is 4.72 Å². The first kappa shape index (κ1) is 15.4. The van der Waals surface area contributed by atoms with Crippen LogP contribution in [0.5, 0.6) is 0 Å². The Morgan fingerprint density at radius 3 is 2.65 bits per heavy atom. The standard InChI is InChI=1S/C14H12ClN5O2S/c1-10-6-7-14(11(15)8-10)23(21,22)17-12-4-2-3-5-13(12)20-9-16-18-19-20/h2-9,17H,1H3. The van der Waals surface area contributed by atoms with Crippen molar-refractivity contribution >= 4 is 27.3 Å². The summed E-state index contributed by atoms with van der Waals surface area (Å²) in [5, 5.41) is 11.0. The number of hydrogen-bond donors (Lipinski definition) is 1. The van der Waals surface area contributed by atoms with E-state index >= 15 is 0 Å². The molecule has 3 aromatic rings. The third kappa shape index (κ3) is 3.17. The molecule has 3 rings (SSSR count). The lowest BCUT2D eigenvalue weighted by Gasteiger charge is -2.13. The van der Waals surface area contributed by atoms with Gasteiger partial charge in [0.15, 0.2) is 0 Å². The van der Waals surface area contributed by atoms with Gasteiger partial charge in [-0.05, 0) is 47.2 Å². The lowest BCUT2D eigenvalue weighted by atomic mass is 10.2. The summed E-state index contributed by atoms with van der Waals surface area (Å²) < 4.78 is 29.1. The number of sulfonamides is 1. The minimum absolute atomic E-state index is 0.0104. The van der Waals surface area contributed by atoms with Crippen LogP contribution in [0.2, 0.25) is 5.02 Å². The van der Waals surface area contributed by atoms with E-state index < -0.39 is 10.0 Å². The topological polar surface area (TPSA) is 89.8 Å². The van der Waals surface area contributed by atoms with Gasteiger partial charge >= 0.3 is 0 Å². The van der Waals surface area contributed by atoms with Crippen molar-refractivity contribution < 1.29 is 8.42 Å². The zero-order valence-corrected chi connectivity index (χ0v) is 13.6. The van der Waals surface area contributed by atoms with Crippen molar-refractivity contribution in [3.8, 4) is 5.69 Å². The molecule has 7 nitrogen and oxygen atoms in total.